The number of nitrogen functional groups attached to an aromatic ring is 1. The molecule has 1 unspecified atom stereocenters. The fourth-order valence-electron chi connectivity index (χ4n) is 1.49. The molecule has 1 atom stereocenters. The Kier molecular flexibility index (Phi) is 8.32. The van der Waals surface area contributed by atoms with Crippen molar-refractivity contribution in [3.05, 3.63) is 11.1 Å². The molecule has 0 fully saturated rings. The quantitative estimate of drug-likeness (QED) is 0.907. The highest BCUT2D eigenvalue weighted by molar-refractivity contribution is 7.15. The highest BCUT2D eigenvalue weighted by atomic mass is 32.1. The van der Waals surface area contributed by atoms with Gasteiger partial charge in [0, 0.05) is 24.7 Å². The Bertz CT molecular complexity index is 427. The molecule has 0 bridgehead atoms. The summed E-state index contributed by atoms with van der Waals surface area (Å²) in [7, 11) is 1.75. The number of carbonyl (C=O) groups excluding carboxylic acids is 1. The van der Waals surface area contributed by atoms with Gasteiger partial charge in [0.2, 0.25) is 0 Å². The van der Waals surface area contributed by atoms with Gasteiger partial charge in [0.25, 0.3) is 0 Å². The van der Waals surface area contributed by atoms with Gasteiger partial charge in [-0.15, -0.1) is 11.3 Å². The fraction of sp³-hybridized carbons (Fsp3) is 0.733. The number of thiazole rings is 1. The SMILES string of the molecule is CC.CC(CCN(C)C(=O)OC(C)(C)C)c1cnc(N)s1. The number of rotatable bonds is 4. The van der Waals surface area contributed by atoms with Gasteiger partial charge >= 0.3 is 6.09 Å². The molecule has 1 heterocycles. The Hall–Kier alpha value is -1.30. The molecular formula is C15H29N3O2S. The van der Waals surface area contributed by atoms with Crippen LogP contribution in [0, 0.1) is 0 Å². The third-order valence-corrected chi connectivity index (χ3v) is 3.69. The lowest BCUT2D eigenvalue weighted by molar-refractivity contribution is 0.0295. The summed E-state index contributed by atoms with van der Waals surface area (Å²) in [6.45, 7) is 12.3. The van der Waals surface area contributed by atoms with E-state index in [-0.39, 0.29) is 6.09 Å². The van der Waals surface area contributed by atoms with E-state index in [1.807, 2.05) is 34.6 Å². The summed E-state index contributed by atoms with van der Waals surface area (Å²) < 4.78 is 5.30. The molecule has 0 radical (unpaired) electrons. The van der Waals surface area contributed by atoms with Gasteiger partial charge in [-0.1, -0.05) is 20.8 Å². The Morgan fingerprint density at radius 1 is 1.48 bits per heavy atom. The van der Waals surface area contributed by atoms with Crippen LogP contribution < -0.4 is 5.73 Å². The number of anilines is 1. The summed E-state index contributed by atoms with van der Waals surface area (Å²) in [5, 5.41) is 0.586. The number of ether oxygens (including phenoxy) is 1. The van der Waals surface area contributed by atoms with Crippen LogP contribution in [-0.4, -0.2) is 35.2 Å². The summed E-state index contributed by atoms with van der Waals surface area (Å²) in [5.74, 6) is 0.333. The molecule has 6 heteroatoms. The van der Waals surface area contributed by atoms with Crippen LogP contribution in [0.2, 0.25) is 0 Å². The van der Waals surface area contributed by atoms with Crippen LogP contribution in [-0.2, 0) is 4.74 Å². The number of amides is 1. The highest BCUT2D eigenvalue weighted by Gasteiger charge is 2.20. The largest absolute Gasteiger partial charge is 0.444 e. The second-order valence-corrected chi connectivity index (χ2v) is 6.79. The van der Waals surface area contributed by atoms with E-state index in [0.717, 1.165) is 11.3 Å². The monoisotopic (exact) mass is 315 g/mol. The molecule has 5 nitrogen and oxygen atoms in total. The van der Waals surface area contributed by atoms with Gasteiger partial charge in [-0.05, 0) is 33.1 Å². The number of aromatic nitrogens is 1. The first-order chi connectivity index (χ1) is 9.69. The highest BCUT2D eigenvalue weighted by Crippen LogP contribution is 2.26. The van der Waals surface area contributed by atoms with E-state index in [4.69, 9.17) is 10.5 Å². The lowest BCUT2D eigenvalue weighted by atomic mass is 10.1. The summed E-state index contributed by atoms with van der Waals surface area (Å²) in [4.78, 5) is 18.6. The van der Waals surface area contributed by atoms with E-state index in [0.29, 0.717) is 17.6 Å². The first-order valence-corrected chi connectivity index (χ1v) is 8.16. The normalized spacial score (nSPS) is 12.1. The van der Waals surface area contributed by atoms with Crippen LogP contribution in [0.5, 0.6) is 0 Å². The molecule has 1 aromatic rings. The van der Waals surface area contributed by atoms with Crippen molar-refractivity contribution in [3.63, 3.8) is 0 Å². The molecule has 0 aromatic carbocycles. The average Bonchev–Trinajstić information content (AvgIpc) is 2.82. The van der Waals surface area contributed by atoms with E-state index >= 15 is 0 Å². The maximum Gasteiger partial charge on any atom is 0.410 e. The number of nitrogens with zero attached hydrogens (tertiary/aromatic N) is 2. The van der Waals surface area contributed by atoms with Gasteiger partial charge in [0.05, 0.1) is 0 Å². The van der Waals surface area contributed by atoms with Gasteiger partial charge in [0.15, 0.2) is 5.13 Å². The van der Waals surface area contributed by atoms with Crippen LogP contribution in [0.1, 0.15) is 58.8 Å². The Balaban J connectivity index is 0.00000191. The van der Waals surface area contributed by atoms with E-state index in [2.05, 4.69) is 11.9 Å². The second-order valence-electron chi connectivity index (χ2n) is 5.69. The summed E-state index contributed by atoms with van der Waals surface area (Å²) in [5.41, 5.74) is 5.16. The zero-order valence-corrected chi connectivity index (χ0v) is 15.1. The zero-order chi connectivity index (χ0) is 16.6. The van der Waals surface area contributed by atoms with E-state index in [1.54, 1.807) is 18.1 Å². The zero-order valence-electron chi connectivity index (χ0n) is 14.3. The fourth-order valence-corrected chi connectivity index (χ4v) is 2.26. The van der Waals surface area contributed by atoms with Crippen molar-refractivity contribution >= 4 is 22.6 Å². The van der Waals surface area contributed by atoms with E-state index < -0.39 is 5.60 Å². The summed E-state index contributed by atoms with van der Waals surface area (Å²) in [6.07, 6.45) is 2.37. The Labute approximate surface area is 132 Å². The predicted molar refractivity (Wildman–Crippen MR) is 89.8 cm³/mol. The van der Waals surface area contributed by atoms with Gasteiger partial charge in [-0.25, -0.2) is 9.78 Å². The van der Waals surface area contributed by atoms with Crippen LogP contribution in [0.4, 0.5) is 9.93 Å². The van der Waals surface area contributed by atoms with Crippen LogP contribution >= 0.6 is 11.3 Å². The van der Waals surface area contributed by atoms with Crippen LogP contribution in [0.15, 0.2) is 6.20 Å². The first kappa shape index (κ1) is 19.7. The van der Waals surface area contributed by atoms with Crippen LogP contribution in [0.3, 0.4) is 0 Å². The Morgan fingerprint density at radius 3 is 2.48 bits per heavy atom. The minimum absolute atomic E-state index is 0.288. The van der Waals surface area contributed by atoms with Crippen molar-refractivity contribution in [1.29, 1.82) is 0 Å². The minimum atomic E-state index is -0.455. The molecule has 0 saturated carbocycles. The first-order valence-electron chi connectivity index (χ1n) is 7.34. The van der Waals surface area contributed by atoms with E-state index in [9.17, 15) is 4.79 Å². The lowest BCUT2D eigenvalue weighted by Crippen LogP contribution is -2.35. The average molecular weight is 315 g/mol. The van der Waals surface area contributed by atoms with Gasteiger partial charge in [0.1, 0.15) is 5.60 Å². The molecule has 0 saturated heterocycles. The van der Waals surface area contributed by atoms with Gasteiger partial charge in [-0.3, -0.25) is 0 Å². The number of nitrogens with two attached hydrogens (primary N) is 1. The lowest BCUT2D eigenvalue weighted by Gasteiger charge is -2.25. The maximum atomic E-state index is 11.8. The summed E-state index contributed by atoms with van der Waals surface area (Å²) in [6, 6.07) is 0. The van der Waals surface area contributed by atoms with Crippen molar-refractivity contribution < 1.29 is 9.53 Å². The third-order valence-electron chi connectivity index (χ3n) is 2.63. The van der Waals surface area contributed by atoms with Crippen molar-refractivity contribution in [2.24, 2.45) is 0 Å². The third kappa shape index (κ3) is 7.90. The second kappa shape index (κ2) is 8.87. The molecule has 0 aliphatic rings. The van der Waals surface area contributed by atoms with Gasteiger partial charge < -0.3 is 15.4 Å². The smallest absolute Gasteiger partial charge is 0.410 e. The molecule has 1 aromatic heterocycles. The predicted octanol–water partition coefficient (Wildman–Crippen LogP) is 4.11. The molecule has 0 aliphatic carbocycles. The number of hydrogen-bond donors (Lipinski definition) is 1. The minimum Gasteiger partial charge on any atom is -0.444 e. The standard InChI is InChI=1S/C13H23N3O2S.C2H6/c1-9(10-8-15-11(14)19-10)6-7-16(5)12(17)18-13(2,3)4;1-2/h8-9H,6-7H2,1-5H3,(H2,14,15);1-2H3. The van der Waals surface area contributed by atoms with Crippen molar-refractivity contribution in [2.45, 2.75) is 59.5 Å². The van der Waals surface area contributed by atoms with Crippen molar-refractivity contribution in [1.82, 2.24) is 9.88 Å². The number of hydrogen-bond acceptors (Lipinski definition) is 5. The molecular weight excluding hydrogens is 286 g/mol. The van der Waals surface area contributed by atoms with E-state index in [1.165, 1.54) is 11.3 Å². The van der Waals surface area contributed by atoms with Crippen molar-refractivity contribution in [3.8, 4) is 0 Å². The van der Waals surface area contributed by atoms with Gasteiger partial charge in [-0.2, -0.15) is 0 Å². The molecule has 1 amide bonds. The molecule has 2 N–H and O–H groups in total. The van der Waals surface area contributed by atoms with Crippen molar-refractivity contribution in [2.75, 3.05) is 19.3 Å². The molecule has 0 aliphatic heterocycles. The molecule has 1 rings (SSSR count). The Morgan fingerprint density at radius 2 is 2.05 bits per heavy atom. The molecule has 21 heavy (non-hydrogen) atoms. The molecule has 0 spiro atoms. The summed E-state index contributed by atoms with van der Waals surface area (Å²) >= 11 is 1.50. The van der Waals surface area contributed by atoms with Crippen LogP contribution in [0.25, 0.3) is 0 Å². The molecule has 122 valence electrons. The topological polar surface area (TPSA) is 68.5 Å². The maximum absolute atomic E-state index is 11.8. The number of carbonyl (C=O) groups is 1.